The van der Waals surface area contributed by atoms with E-state index < -0.39 is 0 Å². The van der Waals surface area contributed by atoms with Crippen molar-refractivity contribution in [1.82, 2.24) is 4.90 Å². The zero-order valence-electron chi connectivity index (χ0n) is 18.8. The maximum absolute atomic E-state index is 12.5. The van der Waals surface area contributed by atoms with E-state index in [4.69, 9.17) is 10.5 Å². The molecule has 0 radical (unpaired) electrons. The SMILES string of the molecule is CC(C)(CN1CCCC(Oc2ccc(C(=O)Nc3ccccc3N)cc2)CC1)C1CC1. The normalized spacial score (nSPS) is 20.1. The second kappa shape index (κ2) is 9.31. The fraction of sp³-hybridized carbons (Fsp3) is 0.500. The number of nitrogens with two attached hydrogens (primary N) is 1. The monoisotopic (exact) mass is 421 g/mol. The molecule has 1 aliphatic carbocycles. The van der Waals surface area contributed by atoms with Crippen LogP contribution in [0.1, 0.15) is 56.3 Å². The van der Waals surface area contributed by atoms with Crippen LogP contribution < -0.4 is 15.8 Å². The van der Waals surface area contributed by atoms with Gasteiger partial charge in [-0.3, -0.25) is 4.79 Å². The highest BCUT2D eigenvalue weighted by Gasteiger charge is 2.38. The Labute approximate surface area is 186 Å². The number of anilines is 2. The molecule has 0 spiro atoms. The minimum atomic E-state index is -0.173. The Kier molecular flexibility index (Phi) is 6.51. The Morgan fingerprint density at radius 2 is 1.81 bits per heavy atom. The molecule has 1 saturated heterocycles. The molecule has 2 aromatic rings. The summed E-state index contributed by atoms with van der Waals surface area (Å²) >= 11 is 0. The maximum atomic E-state index is 12.5. The van der Waals surface area contributed by atoms with Crippen LogP contribution in [0.2, 0.25) is 0 Å². The molecule has 0 aromatic heterocycles. The number of hydrogen-bond acceptors (Lipinski definition) is 4. The average molecular weight is 422 g/mol. The van der Waals surface area contributed by atoms with Crippen molar-refractivity contribution in [3.8, 4) is 5.75 Å². The second-order valence-electron chi connectivity index (χ2n) is 9.78. The quantitative estimate of drug-likeness (QED) is 0.604. The predicted molar refractivity (Wildman–Crippen MR) is 126 cm³/mol. The summed E-state index contributed by atoms with van der Waals surface area (Å²) in [5.74, 6) is 1.57. The van der Waals surface area contributed by atoms with Gasteiger partial charge in [0.2, 0.25) is 0 Å². The molecule has 1 saturated carbocycles. The van der Waals surface area contributed by atoms with E-state index in [0.29, 0.717) is 22.4 Å². The number of likely N-dealkylation sites (tertiary alicyclic amines) is 1. The lowest BCUT2D eigenvalue weighted by atomic mass is 9.86. The van der Waals surface area contributed by atoms with Gasteiger partial charge in [0, 0.05) is 18.7 Å². The van der Waals surface area contributed by atoms with Crippen LogP contribution in [-0.2, 0) is 0 Å². The highest BCUT2D eigenvalue weighted by molar-refractivity contribution is 6.05. The third-order valence-electron chi connectivity index (χ3n) is 6.71. The van der Waals surface area contributed by atoms with Gasteiger partial charge in [-0.25, -0.2) is 0 Å². The molecular weight excluding hydrogens is 386 g/mol. The molecule has 4 rings (SSSR count). The standard InChI is InChI=1S/C26H35N3O2/c1-26(2,20-11-12-20)18-29-16-5-6-21(15-17-29)31-22-13-9-19(10-14-22)25(30)28-24-8-4-3-7-23(24)27/h3-4,7-10,13-14,20-21H,5-6,11-12,15-18,27H2,1-2H3,(H,28,30). The molecule has 1 aliphatic heterocycles. The molecule has 5 heteroatoms. The number of ether oxygens (including phenoxy) is 1. The van der Waals surface area contributed by atoms with Gasteiger partial charge in [-0.2, -0.15) is 0 Å². The molecule has 2 fully saturated rings. The third kappa shape index (κ3) is 5.79. The molecular formula is C26H35N3O2. The van der Waals surface area contributed by atoms with Crippen LogP contribution in [0.3, 0.4) is 0 Å². The van der Waals surface area contributed by atoms with E-state index in [1.165, 1.54) is 25.8 Å². The van der Waals surface area contributed by atoms with E-state index in [9.17, 15) is 4.79 Å². The van der Waals surface area contributed by atoms with Crippen LogP contribution in [0, 0.1) is 11.3 Å². The molecule has 1 amide bonds. The van der Waals surface area contributed by atoms with Crippen molar-refractivity contribution in [3.63, 3.8) is 0 Å². The average Bonchev–Trinajstić information content (AvgIpc) is 3.60. The molecule has 1 atom stereocenters. The van der Waals surface area contributed by atoms with Gasteiger partial charge in [-0.1, -0.05) is 26.0 Å². The zero-order chi connectivity index (χ0) is 21.8. The van der Waals surface area contributed by atoms with Crippen LogP contribution in [-0.4, -0.2) is 36.5 Å². The van der Waals surface area contributed by atoms with Crippen molar-refractivity contribution in [2.75, 3.05) is 30.7 Å². The Morgan fingerprint density at radius 3 is 2.52 bits per heavy atom. The summed E-state index contributed by atoms with van der Waals surface area (Å²) in [5.41, 5.74) is 8.11. The van der Waals surface area contributed by atoms with Gasteiger partial charge in [-0.15, -0.1) is 0 Å². The Bertz CT molecular complexity index is 890. The molecule has 1 heterocycles. The van der Waals surface area contributed by atoms with Crippen molar-refractivity contribution in [2.24, 2.45) is 11.3 Å². The minimum absolute atomic E-state index is 0.173. The van der Waals surface area contributed by atoms with Gasteiger partial charge in [0.25, 0.3) is 5.91 Å². The van der Waals surface area contributed by atoms with Gasteiger partial charge in [0.1, 0.15) is 5.75 Å². The largest absolute Gasteiger partial charge is 0.490 e. The van der Waals surface area contributed by atoms with Gasteiger partial charge in [-0.05, 0) is 86.4 Å². The van der Waals surface area contributed by atoms with E-state index in [1.54, 1.807) is 12.1 Å². The first-order valence-electron chi connectivity index (χ1n) is 11.6. The van der Waals surface area contributed by atoms with Crippen molar-refractivity contribution in [3.05, 3.63) is 54.1 Å². The molecule has 2 aliphatic rings. The van der Waals surface area contributed by atoms with E-state index in [-0.39, 0.29) is 12.0 Å². The van der Waals surface area contributed by atoms with Gasteiger partial charge in [0.15, 0.2) is 0 Å². The lowest BCUT2D eigenvalue weighted by molar-refractivity contribution is 0.102. The number of nitrogen functional groups attached to an aromatic ring is 1. The first kappa shape index (κ1) is 21.7. The summed E-state index contributed by atoms with van der Waals surface area (Å²) in [6.07, 6.45) is 6.34. The number of para-hydroxylation sites is 2. The van der Waals surface area contributed by atoms with Crippen molar-refractivity contribution in [1.29, 1.82) is 0 Å². The number of carbonyl (C=O) groups excluding carboxylic acids is 1. The first-order valence-corrected chi connectivity index (χ1v) is 11.6. The summed E-state index contributed by atoms with van der Waals surface area (Å²) in [5, 5.41) is 2.86. The lowest BCUT2D eigenvalue weighted by Gasteiger charge is -2.32. The fourth-order valence-corrected chi connectivity index (χ4v) is 4.65. The van der Waals surface area contributed by atoms with E-state index >= 15 is 0 Å². The van der Waals surface area contributed by atoms with Crippen molar-refractivity contribution >= 4 is 17.3 Å². The van der Waals surface area contributed by atoms with Gasteiger partial charge >= 0.3 is 0 Å². The first-order chi connectivity index (χ1) is 14.9. The van der Waals surface area contributed by atoms with Crippen LogP contribution in [0.4, 0.5) is 11.4 Å². The fourth-order valence-electron chi connectivity index (χ4n) is 4.65. The Balaban J connectivity index is 1.28. The van der Waals surface area contributed by atoms with Gasteiger partial charge in [0.05, 0.1) is 17.5 Å². The van der Waals surface area contributed by atoms with Crippen LogP contribution in [0.25, 0.3) is 0 Å². The third-order valence-corrected chi connectivity index (χ3v) is 6.71. The Morgan fingerprint density at radius 1 is 1.06 bits per heavy atom. The molecule has 0 bridgehead atoms. The number of benzene rings is 2. The van der Waals surface area contributed by atoms with Crippen molar-refractivity contribution in [2.45, 2.75) is 52.1 Å². The summed E-state index contributed by atoms with van der Waals surface area (Å²) in [7, 11) is 0. The number of carbonyl (C=O) groups is 1. The topological polar surface area (TPSA) is 67.6 Å². The van der Waals surface area contributed by atoms with Crippen LogP contribution >= 0.6 is 0 Å². The number of nitrogens with zero attached hydrogens (tertiary/aromatic N) is 1. The molecule has 3 N–H and O–H groups in total. The summed E-state index contributed by atoms with van der Waals surface area (Å²) in [6.45, 7) is 8.30. The molecule has 2 aromatic carbocycles. The van der Waals surface area contributed by atoms with E-state index in [0.717, 1.165) is 37.6 Å². The number of hydrogen-bond donors (Lipinski definition) is 2. The minimum Gasteiger partial charge on any atom is -0.490 e. The van der Waals surface area contributed by atoms with E-state index in [1.807, 2.05) is 36.4 Å². The molecule has 166 valence electrons. The molecule has 5 nitrogen and oxygen atoms in total. The summed E-state index contributed by atoms with van der Waals surface area (Å²) in [6, 6.07) is 14.7. The second-order valence-corrected chi connectivity index (χ2v) is 9.78. The smallest absolute Gasteiger partial charge is 0.255 e. The summed E-state index contributed by atoms with van der Waals surface area (Å²) in [4.78, 5) is 15.1. The van der Waals surface area contributed by atoms with Crippen LogP contribution in [0.5, 0.6) is 5.75 Å². The lowest BCUT2D eigenvalue weighted by Crippen LogP contribution is -2.36. The molecule has 1 unspecified atom stereocenters. The van der Waals surface area contributed by atoms with Crippen LogP contribution in [0.15, 0.2) is 48.5 Å². The highest BCUT2D eigenvalue weighted by Crippen LogP contribution is 2.45. The van der Waals surface area contributed by atoms with Gasteiger partial charge < -0.3 is 20.7 Å². The van der Waals surface area contributed by atoms with E-state index in [2.05, 4.69) is 24.1 Å². The number of amides is 1. The van der Waals surface area contributed by atoms with Crippen molar-refractivity contribution < 1.29 is 9.53 Å². The zero-order valence-corrected chi connectivity index (χ0v) is 18.8. The molecule has 31 heavy (non-hydrogen) atoms. The maximum Gasteiger partial charge on any atom is 0.255 e. The Hall–Kier alpha value is -2.53. The highest BCUT2D eigenvalue weighted by atomic mass is 16.5. The summed E-state index contributed by atoms with van der Waals surface area (Å²) < 4.78 is 6.27. The number of nitrogens with one attached hydrogen (secondary N) is 1. The predicted octanol–water partition coefficient (Wildman–Crippen LogP) is 5.19. The number of rotatable bonds is 7.